The Balaban J connectivity index is 1.20. The molecule has 11 nitrogen and oxygen atoms in total. The van der Waals surface area contributed by atoms with Crippen molar-refractivity contribution in [2.75, 3.05) is 12.4 Å². The number of benzene rings is 2. The molecule has 3 aromatic rings. The molecule has 0 aliphatic carbocycles. The van der Waals surface area contributed by atoms with Crippen molar-refractivity contribution < 1.29 is 23.8 Å². The fourth-order valence-corrected chi connectivity index (χ4v) is 5.68. The molecular weight excluding hydrogens is 621 g/mol. The lowest BCUT2D eigenvalue weighted by Gasteiger charge is -2.25. The first-order valence-corrected chi connectivity index (χ1v) is 16.6. The van der Waals surface area contributed by atoms with Gasteiger partial charge in [0.25, 0.3) is 0 Å². The van der Waals surface area contributed by atoms with Crippen LogP contribution in [-0.2, 0) is 28.9 Å². The van der Waals surface area contributed by atoms with Gasteiger partial charge in [-0.3, -0.25) is 4.79 Å². The number of aryl methyl sites for hydroxylation is 1. The van der Waals surface area contributed by atoms with Crippen molar-refractivity contribution in [3.8, 4) is 0 Å². The number of amides is 2. The quantitative estimate of drug-likeness (QED) is 0.146. The molecule has 252 valence electrons. The van der Waals surface area contributed by atoms with Gasteiger partial charge in [-0.25, -0.2) is 9.18 Å². The lowest BCUT2D eigenvalue weighted by molar-refractivity contribution is -0.120. The molecule has 1 aliphatic heterocycles. The van der Waals surface area contributed by atoms with E-state index in [4.69, 9.17) is 4.74 Å². The van der Waals surface area contributed by atoms with Gasteiger partial charge in [-0.15, -0.1) is 15.3 Å². The smallest absolute Gasteiger partial charge is 0.410 e. The first-order valence-electron chi connectivity index (χ1n) is 15.8. The number of anilines is 1. The number of amidine groups is 1. The summed E-state index contributed by atoms with van der Waals surface area (Å²) in [4.78, 5) is 26.7. The maximum atomic E-state index is 14.6. The Morgan fingerprint density at radius 3 is 2.51 bits per heavy atom. The summed E-state index contributed by atoms with van der Waals surface area (Å²) in [6.07, 6.45) is 3.89. The number of halogens is 1. The molecular formula is C34H44FN7O4S. The molecule has 2 atom stereocenters. The molecule has 2 unspecified atom stereocenters. The van der Waals surface area contributed by atoms with Gasteiger partial charge >= 0.3 is 6.09 Å². The van der Waals surface area contributed by atoms with E-state index in [1.54, 1.807) is 46.9 Å². The number of nitrogens with one attached hydrogen (secondary N) is 2. The van der Waals surface area contributed by atoms with Crippen LogP contribution < -0.4 is 10.6 Å². The SMILES string of the molecule is CC(C(=O)NC1=NN=C(CCCCc2nnc(NC(O)Cc3ccccc3)s2)CC1)c1ccc(F)c(CN(C)C(=O)OC(C)(C)C)c1. The van der Waals surface area contributed by atoms with E-state index in [-0.39, 0.29) is 12.5 Å². The standard InChI is InChI=1S/C34H44FN7O4S/c1-22(24-15-17-27(35)25(20-24)21-42(5)33(45)46-34(2,3)4)31(44)36-28-18-16-26(38-39-28)13-9-10-14-30-40-41-32(47-30)37-29(43)19-23-11-7-6-8-12-23/h6-8,11-12,15,17,20,22,29,43H,9-10,13-14,16,18-19,21H2,1-5H3,(H,37,41)(H,36,39,44). The Morgan fingerprint density at radius 2 is 1.81 bits per heavy atom. The highest BCUT2D eigenvalue weighted by molar-refractivity contribution is 7.15. The maximum Gasteiger partial charge on any atom is 0.410 e. The fourth-order valence-electron chi connectivity index (χ4n) is 4.85. The number of aromatic nitrogens is 2. The molecule has 1 aromatic heterocycles. The molecule has 2 amide bonds. The summed E-state index contributed by atoms with van der Waals surface area (Å²) in [6, 6.07) is 14.3. The Kier molecular flexibility index (Phi) is 12.5. The zero-order valence-electron chi connectivity index (χ0n) is 27.6. The van der Waals surface area contributed by atoms with E-state index in [0.717, 1.165) is 42.0 Å². The normalized spacial score (nSPS) is 14.4. The first kappa shape index (κ1) is 35.6. The van der Waals surface area contributed by atoms with Crippen LogP contribution in [0.1, 0.15) is 87.4 Å². The van der Waals surface area contributed by atoms with Crippen molar-refractivity contribution in [2.24, 2.45) is 10.2 Å². The van der Waals surface area contributed by atoms with E-state index >= 15 is 0 Å². The largest absolute Gasteiger partial charge is 0.444 e. The molecule has 0 bridgehead atoms. The summed E-state index contributed by atoms with van der Waals surface area (Å²) in [7, 11) is 1.54. The van der Waals surface area contributed by atoms with Crippen molar-refractivity contribution in [1.29, 1.82) is 0 Å². The van der Waals surface area contributed by atoms with Gasteiger partial charge in [-0.05, 0) is 70.6 Å². The average Bonchev–Trinajstić information content (AvgIpc) is 3.47. The molecule has 0 fully saturated rings. The van der Waals surface area contributed by atoms with E-state index in [1.807, 2.05) is 30.3 Å². The lowest BCUT2D eigenvalue weighted by Crippen LogP contribution is -2.35. The van der Waals surface area contributed by atoms with Crippen LogP contribution in [0.3, 0.4) is 0 Å². The number of ether oxygens (including phenoxy) is 1. The van der Waals surface area contributed by atoms with Gasteiger partial charge in [0.1, 0.15) is 28.5 Å². The molecule has 0 saturated carbocycles. The highest BCUT2D eigenvalue weighted by Gasteiger charge is 2.23. The third-order valence-corrected chi connectivity index (χ3v) is 8.35. The number of nitrogens with zero attached hydrogens (tertiary/aromatic N) is 5. The monoisotopic (exact) mass is 665 g/mol. The van der Waals surface area contributed by atoms with E-state index < -0.39 is 29.7 Å². The first-order chi connectivity index (χ1) is 22.4. The van der Waals surface area contributed by atoms with Crippen molar-refractivity contribution in [3.63, 3.8) is 0 Å². The van der Waals surface area contributed by atoms with E-state index in [2.05, 4.69) is 31.0 Å². The lowest BCUT2D eigenvalue weighted by atomic mass is 9.97. The fraction of sp³-hybridized carbons (Fsp3) is 0.471. The Morgan fingerprint density at radius 1 is 1.06 bits per heavy atom. The van der Waals surface area contributed by atoms with Crippen LogP contribution in [0.15, 0.2) is 58.7 Å². The summed E-state index contributed by atoms with van der Waals surface area (Å²) in [5, 5.41) is 34.7. The Hall–Kier alpha value is -4.23. The van der Waals surface area contributed by atoms with Crippen molar-refractivity contribution >= 4 is 40.0 Å². The Labute approximate surface area is 279 Å². The van der Waals surface area contributed by atoms with Crippen LogP contribution in [0.25, 0.3) is 0 Å². The number of hydrogen-bond acceptors (Lipinski definition) is 10. The van der Waals surface area contributed by atoms with E-state index in [9.17, 15) is 19.1 Å². The molecule has 0 saturated heterocycles. The highest BCUT2D eigenvalue weighted by Crippen LogP contribution is 2.22. The van der Waals surface area contributed by atoms with Crippen molar-refractivity contribution in [3.05, 3.63) is 76.0 Å². The van der Waals surface area contributed by atoms with Crippen molar-refractivity contribution in [1.82, 2.24) is 20.4 Å². The second-order valence-corrected chi connectivity index (χ2v) is 13.7. The number of aliphatic hydroxyl groups is 1. The van der Waals surface area contributed by atoms with E-state index in [1.165, 1.54) is 22.3 Å². The predicted molar refractivity (Wildman–Crippen MR) is 182 cm³/mol. The molecule has 3 N–H and O–H groups in total. The zero-order chi connectivity index (χ0) is 34.0. The van der Waals surface area contributed by atoms with Crippen LogP contribution in [0.2, 0.25) is 0 Å². The summed E-state index contributed by atoms with van der Waals surface area (Å²) < 4.78 is 19.9. The highest BCUT2D eigenvalue weighted by atomic mass is 32.1. The van der Waals surface area contributed by atoms with Gasteiger partial charge in [0.15, 0.2) is 0 Å². The van der Waals surface area contributed by atoms with E-state index in [0.29, 0.717) is 41.4 Å². The van der Waals surface area contributed by atoms with Crippen LogP contribution in [-0.4, -0.2) is 62.6 Å². The van der Waals surface area contributed by atoms with Gasteiger partial charge in [0.2, 0.25) is 11.0 Å². The summed E-state index contributed by atoms with van der Waals surface area (Å²) in [6.45, 7) is 7.05. The minimum atomic E-state index is -0.735. The molecule has 4 rings (SSSR count). The number of rotatable bonds is 13. The van der Waals surface area contributed by atoms with Crippen LogP contribution in [0.4, 0.5) is 14.3 Å². The second kappa shape index (κ2) is 16.6. The number of unbranched alkanes of at least 4 members (excludes halogenated alkanes) is 1. The van der Waals surface area contributed by atoms with Crippen LogP contribution >= 0.6 is 11.3 Å². The number of aliphatic hydroxyl groups excluding tert-OH is 1. The summed E-state index contributed by atoms with van der Waals surface area (Å²) >= 11 is 1.45. The average molecular weight is 666 g/mol. The molecule has 0 radical (unpaired) electrons. The number of carbonyl (C=O) groups excluding carboxylic acids is 2. The zero-order valence-corrected chi connectivity index (χ0v) is 28.4. The van der Waals surface area contributed by atoms with Crippen LogP contribution in [0.5, 0.6) is 0 Å². The van der Waals surface area contributed by atoms with Crippen molar-refractivity contribution in [2.45, 2.75) is 96.9 Å². The summed E-state index contributed by atoms with van der Waals surface area (Å²) in [5.41, 5.74) is 2.28. The van der Waals surface area contributed by atoms with Gasteiger partial charge in [-0.2, -0.15) is 5.10 Å². The third-order valence-electron chi connectivity index (χ3n) is 7.44. The minimum Gasteiger partial charge on any atom is -0.444 e. The second-order valence-electron chi connectivity index (χ2n) is 12.7. The molecule has 2 heterocycles. The molecule has 0 spiro atoms. The maximum absolute atomic E-state index is 14.6. The molecule has 47 heavy (non-hydrogen) atoms. The molecule has 1 aliphatic rings. The molecule has 13 heteroatoms. The minimum absolute atomic E-state index is 0.00538. The number of carbonyl (C=O) groups is 2. The van der Waals surface area contributed by atoms with Gasteiger partial charge in [-0.1, -0.05) is 53.8 Å². The Bertz CT molecular complexity index is 1570. The third kappa shape index (κ3) is 11.5. The summed E-state index contributed by atoms with van der Waals surface area (Å²) in [5.74, 6) is -0.799. The predicted octanol–water partition coefficient (Wildman–Crippen LogP) is 6.20. The number of hydrogen-bond donors (Lipinski definition) is 3. The van der Waals surface area contributed by atoms with Gasteiger partial charge in [0.05, 0.1) is 12.5 Å². The van der Waals surface area contributed by atoms with Crippen LogP contribution in [0, 0.1) is 5.82 Å². The molecule has 2 aromatic carbocycles. The van der Waals surface area contributed by atoms with Gasteiger partial charge < -0.3 is 25.4 Å². The topological polar surface area (TPSA) is 141 Å². The van der Waals surface area contributed by atoms with Gasteiger partial charge in [0, 0.05) is 37.6 Å².